The first kappa shape index (κ1) is 16.8. The lowest BCUT2D eigenvalue weighted by atomic mass is 10.1. The third kappa shape index (κ3) is 5.35. The third-order valence-electron chi connectivity index (χ3n) is 3.88. The van der Waals surface area contributed by atoms with Crippen molar-refractivity contribution in [1.29, 1.82) is 0 Å². The zero-order valence-corrected chi connectivity index (χ0v) is 12.5. The van der Waals surface area contributed by atoms with Gasteiger partial charge in [-0.2, -0.15) is 0 Å². The summed E-state index contributed by atoms with van der Waals surface area (Å²) in [5, 5.41) is 12.2. The number of piperidine rings is 1. The van der Waals surface area contributed by atoms with Gasteiger partial charge in [-0.1, -0.05) is 6.07 Å². The summed E-state index contributed by atoms with van der Waals surface area (Å²) >= 11 is 0. The second-order valence-electron chi connectivity index (χ2n) is 5.70. The molecule has 1 saturated heterocycles. The Kier molecular flexibility index (Phi) is 6.27. The molecule has 0 radical (unpaired) electrons. The highest BCUT2D eigenvalue weighted by atomic mass is 19.2. The van der Waals surface area contributed by atoms with E-state index < -0.39 is 11.6 Å². The van der Waals surface area contributed by atoms with E-state index in [0.29, 0.717) is 12.1 Å². The quantitative estimate of drug-likeness (QED) is 0.782. The summed E-state index contributed by atoms with van der Waals surface area (Å²) in [7, 11) is 0. The number of aliphatic hydroxyl groups excluding tert-OH is 1. The van der Waals surface area contributed by atoms with Crippen molar-refractivity contribution in [2.45, 2.75) is 31.8 Å². The molecule has 0 spiro atoms. The Bertz CT molecular complexity index is 503. The molecule has 6 heteroatoms. The van der Waals surface area contributed by atoms with Gasteiger partial charge < -0.3 is 15.3 Å². The second kappa shape index (κ2) is 8.19. The first-order chi connectivity index (χ1) is 10.5. The zero-order valence-electron chi connectivity index (χ0n) is 12.5. The predicted octanol–water partition coefficient (Wildman–Crippen LogP) is 1.47. The van der Waals surface area contributed by atoms with Crippen molar-refractivity contribution in [1.82, 2.24) is 10.2 Å². The lowest BCUT2D eigenvalue weighted by molar-refractivity contribution is -0.120. The van der Waals surface area contributed by atoms with Crippen molar-refractivity contribution >= 4 is 5.91 Å². The highest BCUT2D eigenvalue weighted by Gasteiger charge is 2.16. The third-order valence-corrected chi connectivity index (χ3v) is 3.88. The molecule has 0 atom stereocenters. The number of rotatable bonds is 6. The van der Waals surface area contributed by atoms with Gasteiger partial charge in [-0.3, -0.25) is 4.79 Å². The van der Waals surface area contributed by atoms with E-state index >= 15 is 0 Å². The number of halogens is 2. The predicted molar refractivity (Wildman–Crippen MR) is 79.4 cm³/mol. The van der Waals surface area contributed by atoms with Crippen LogP contribution in [0.4, 0.5) is 8.78 Å². The molecule has 22 heavy (non-hydrogen) atoms. The van der Waals surface area contributed by atoms with Crippen molar-refractivity contribution in [3.05, 3.63) is 35.4 Å². The Balaban J connectivity index is 1.62. The van der Waals surface area contributed by atoms with E-state index in [1.165, 1.54) is 6.07 Å². The van der Waals surface area contributed by atoms with Crippen LogP contribution >= 0.6 is 0 Å². The molecule has 1 amide bonds. The molecule has 0 aromatic heterocycles. The van der Waals surface area contributed by atoms with Crippen molar-refractivity contribution in [2.75, 3.05) is 26.2 Å². The van der Waals surface area contributed by atoms with Gasteiger partial charge in [0.05, 0.1) is 12.5 Å². The van der Waals surface area contributed by atoms with Crippen LogP contribution in [-0.4, -0.2) is 48.2 Å². The lowest BCUT2D eigenvalue weighted by Gasteiger charge is -2.29. The van der Waals surface area contributed by atoms with Gasteiger partial charge in [0.15, 0.2) is 11.6 Å². The van der Waals surface area contributed by atoms with Gasteiger partial charge in [0.25, 0.3) is 0 Å². The molecule has 1 aliphatic rings. The number of hydrogen-bond acceptors (Lipinski definition) is 3. The highest BCUT2D eigenvalue weighted by molar-refractivity contribution is 5.78. The molecule has 0 unspecified atom stereocenters. The maximum atomic E-state index is 13.0. The Morgan fingerprint density at radius 3 is 2.68 bits per heavy atom. The number of carbonyl (C=O) groups excluding carboxylic acids is 1. The molecule has 2 N–H and O–H groups in total. The van der Waals surface area contributed by atoms with E-state index in [1.807, 2.05) is 0 Å². The first-order valence-corrected chi connectivity index (χ1v) is 7.65. The minimum atomic E-state index is -0.933. The summed E-state index contributed by atoms with van der Waals surface area (Å²) in [6.07, 6.45) is 2.32. The summed E-state index contributed by atoms with van der Waals surface area (Å²) in [5.74, 6) is -2.03. The monoisotopic (exact) mass is 312 g/mol. The van der Waals surface area contributed by atoms with Gasteiger partial charge in [-0.25, -0.2) is 8.78 Å². The molecule has 1 heterocycles. The molecule has 1 aliphatic heterocycles. The van der Waals surface area contributed by atoms with Crippen LogP contribution in [-0.2, 0) is 11.2 Å². The van der Waals surface area contributed by atoms with Crippen molar-refractivity contribution in [3.8, 4) is 0 Å². The van der Waals surface area contributed by atoms with Crippen molar-refractivity contribution in [2.24, 2.45) is 0 Å². The topological polar surface area (TPSA) is 52.6 Å². The summed E-state index contributed by atoms with van der Waals surface area (Å²) in [5.41, 5.74) is 0.460. The van der Waals surface area contributed by atoms with E-state index in [9.17, 15) is 18.7 Å². The van der Waals surface area contributed by atoms with E-state index in [1.54, 1.807) is 0 Å². The Morgan fingerprint density at radius 2 is 2.00 bits per heavy atom. The largest absolute Gasteiger partial charge is 0.393 e. The fourth-order valence-corrected chi connectivity index (χ4v) is 2.57. The smallest absolute Gasteiger partial charge is 0.224 e. The molecule has 0 saturated carbocycles. The summed E-state index contributed by atoms with van der Waals surface area (Å²) < 4.78 is 25.8. The van der Waals surface area contributed by atoms with Crippen LogP contribution in [0.3, 0.4) is 0 Å². The highest BCUT2D eigenvalue weighted by Crippen LogP contribution is 2.10. The van der Waals surface area contributed by atoms with Crippen LogP contribution in [0, 0.1) is 11.6 Å². The maximum Gasteiger partial charge on any atom is 0.224 e. The van der Waals surface area contributed by atoms with Crippen LogP contribution in [0.1, 0.15) is 24.8 Å². The van der Waals surface area contributed by atoms with Crippen LogP contribution in [0.5, 0.6) is 0 Å². The molecule has 0 bridgehead atoms. The normalized spacial score (nSPS) is 16.7. The van der Waals surface area contributed by atoms with Crippen molar-refractivity contribution < 1.29 is 18.7 Å². The van der Waals surface area contributed by atoms with E-state index in [-0.39, 0.29) is 18.4 Å². The second-order valence-corrected chi connectivity index (χ2v) is 5.70. The first-order valence-electron chi connectivity index (χ1n) is 7.65. The summed E-state index contributed by atoms with van der Waals surface area (Å²) in [4.78, 5) is 14.0. The van der Waals surface area contributed by atoms with Gasteiger partial charge in [0.2, 0.25) is 5.91 Å². The number of hydrogen-bond donors (Lipinski definition) is 2. The molecule has 0 aliphatic carbocycles. The number of benzene rings is 1. The van der Waals surface area contributed by atoms with E-state index in [4.69, 9.17) is 0 Å². The molecule has 1 aromatic carbocycles. The number of nitrogens with one attached hydrogen (secondary N) is 1. The Hall–Kier alpha value is -1.53. The van der Waals surface area contributed by atoms with Gasteiger partial charge >= 0.3 is 0 Å². The molecule has 1 fully saturated rings. The van der Waals surface area contributed by atoms with Crippen molar-refractivity contribution in [3.63, 3.8) is 0 Å². The van der Waals surface area contributed by atoms with Gasteiger partial charge in [-0.15, -0.1) is 0 Å². The van der Waals surface area contributed by atoms with Crippen LogP contribution < -0.4 is 5.32 Å². The van der Waals surface area contributed by atoms with Crippen LogP contribution in [0.25, 0.3) is 0 Å². The van der Waals surface area contributed by atoms with Gasteiger partial charge in [-0.05, 0) is 43.5 Å². The van der Waals surface area contributed by atoms with E-state index in [0.717, 1.165) is 51.0 Å². The molecular weight excluding hydrogens is 290 g/mol. The lowest BCUT2D eigenvalue weighted by Crippen LogP contribution is -2.37. The maximum absolute atomic E-state index is 13.0. The summed E-state index contributed by atoms with van der Waals surface area (Å²) in [6.45, 7) is 3.23. The molecule has 122 valence electrons. The number of likely N-dealkylation sites (tertiary alicyclic amines) is 1. The van der Waals surface area contributed by atoms with Gasteiger partial charge in [0, 0.05) is 19.6 Å². The number of amides is 1. The zero-order chi connectivity index (χ0) is 15.9. The van der Waals surface area contributed by atoms with E-state index in [2.05, 4.69) is 10.2 Å². The fraction of sp³-hybridized carbons (Fsp3) is 0.562. The molecular formula is C16H22F2N2O2. The SMILES string of the molecule is O=C(Cc1ccc(F)c(F)c1)NCCCN1CCC(O)CC1. The molecule has 2 rings (SSSR count). The summed E-state index contributed by atoms with van der Waals surface area (Å²) in [6, 6.07) is 3.49. The number of nitrogens with zero attached hydrogens (tertiary/aromatic N) is 1. The Morgan fingerprint density at radius 1 is 1.27 bits per heavy atom. The van der Waals surface area contributed by atoms with Crippen LogP contribution in [0.2, 0.25) is 0 Å². The molecule has 1 aromatic rings. The van der Waals surface area contributed by atoms with Crippen LogP contribution in [0.15, 0.2) is 18.2 Å². The minimum Gasteiger partial charge on any atom is -0.393 e. The fourth-order valence-electron chi connectivity index (χ4n) is 2.57. The minimum absolute atomic E-state index is 0.0487. The average Bonchev–Trinajstić information content (AvgIpc) is 2.49. The average molecular weight is 312 g/mol. The number of carbonyl (C=O) groups is 1. The standard InChI is InChI=1S/C16H22F2N2O2/c17-14-3-2-12(10-15(14)18)11-16(22)19-6-1-7-20-8-4-13(21)5-9-20/h2-3,10,13,21H,1,4-9,11H2,(H,19,22). The van der Waals surface area contributed by atoms with Gasteiger partial charge in [0.1, 0.15) is 0 Å². The Labute approximate surface area is 129 Å². The number of aliphatic hydroxyl groups is 1. The molecule has 4 nitrogen and oxygen atoms in total.